The Morgan fingerprint density at radius 2 is 1.83 bits per heavy atom. The van der Waals surface area contributed by atoms with Crippen LogP contribution in [0.3, 0.4) is 0 Å². The molecule has 0 radical (unpaired) electrons. The first-order valence-corrected chi connectivity index (χ1v) is 10.1. The number of carbonyl (C=O) groups is 1. The standard InChI is InChI=1S/C16H32N2O4S/c1-15(2,3)22-14(19)18-10-8-7-9-13(18)11-17-12-16(4,5)23(6,20)21/h13,17H,7-12H2,1-6H3. The summed E-state index contributed by atoms with van der Waals surface area (Å²) in [5.41, 5.74) is -0.509. The van der Waals surface area contributed by atoms with Gasteiger partial charge in [0.1, 0.15) is 5.60 Å². The maximum absolute atomic E-state index is 12.3. The maximum Gasteiger partial charge on any atom is 0.410 e. The summed E-state index contributed by atoms with van der Waals surface area (Å²) >= 11 is 0. The van der Waals surface area contributed by atoms with Gasteiger partial charge in [0.25, 0.3) is 0 Å². The molecule has 7 heteroatoms. The second-order valence-electron chi connectivity index (χ2n) is 7.99. The van der Waals surface area contributed by atoms with Crippen molar-refractivity contribution in [1.29, 1.82) is 0 Å². The first kappa shape index (κ1) is 20.2. The molecule has 1 unspecified atom stereocenters. The molecule has 23 heavy (non-hydrogen) atoms. The molecular formula is C16H32N2O4S. The average Bonchev–Trinajstić information content (AvgIpc) is 2.35. The Hall–Kier alpha value is -0.820. The molecule has 1 aliphatic heterocycles. The van der Waals surface area contributed by atoms with E-state index in [1.165, 1.54) is 6.26 Å². The van der Waals surface area contributed by atoms with E-state index in [2.05, 4.69) is 5.32 Å². The molecular weight excluding hydrogens is 316 g/mol. The van der Waals surface area contributed by atoms with Gasteiger partial charge in [-0.15, -0.1) is 0 Å². The molecule has 0 spiro atoms. The van der Waals surface area contributed by atoms with Crippen LogP contribution in [0.25, 0.3) is 0 Å². The smallest absolute Gasteiger partial charge is 0.410 e. The molecule has 1 fully saturated rings. The number of hydrogen-bond donors (Lipinski definition) is 1. The largest absolute Gasteiger partial charge is 0.444 e. The Bertz CT molecular complexity index is 509. The van der Waals surface area contributed by atoms with E-state index in [-0.39, 0.29) is 12.1 Å². The maximum atomic E-state index is 12.3. The van der Waals surface area contributed by atoms with Crippen molar-refractivity contribution >= 4 is 15.9 Å². The number of likely N-dealkylation sites (tertiary alicyclic amines) is 1. The van der Waals surface area contributed by atoms with Crippen molar-refractivity contribution in [2.24, 2.45) is 0 Å². The van der Waals surface area contributed by atoms with Gasteiger partial charge in [0, 0.05) is 31.9 Å². The lowest BCUT2D eigenvalue weighted by molar-refractivity contribution is 0.00994. The number of ether oxygens (including phenoxy) is 1. The highest BCUT2D eigenvalue weighted by Crippen LogP contribution is 2.20. The second kappa shape index (κ2) is 7.38. The molecule has 1 atom stereocenters. The zero-order chi connectivity index (χ0) is 17.9. The van der Waals surface area contributed by atoms with Gasteiger partial charge in [-0.2, -0.15) is 0 Å². The summed E-state index contributed by atoms with van der Waals surface area (Å²) in [6, 6.07) is 0.0500. The molecule has 0 saturated carbocycles. The van der Waals surface area contributed by atoms with Crippen molar-refractivity contribution in [1.82, 2.24) is 10.2 Å². The third-order valence-corrected chi connectivity index (χ3v) is 6.34. The van der Waals surface area contributed by atoms with Gasteiger partial charge in [0.15, 0.2) is 9.84 Å². The van der Waals surface area contributed by atoms with Crippen molar-refractivity contribution in [2.75, 3.05) is 25.9 Å². The van der Waals surface area contributed by atoms with Crippen LogP contribution in [-0.2, 0) is 14.6 Å². The normalized spacial score (nSPS) is 20.4. The first-order chi connectivity index (χ1) is 10.3. The number of nitrogens with one attached hydrogen (secondary N) is 1. The van der Waals surface area contributed by atoms with Crippen LogP contribution < -0.4 is 5.32 Å². The summed E-state index contributed by atoms with van der Waals surface area (Å²) in [6.45, 7) is 10.6. The number of piperidine rings is 1. The third-order valence-electron chi connectivity index (χ3n) is 4.19. The average molecular weight is 349 g/mol. The molecule has 0 aliphatic carbocycles. The highest BCUT2D eigenvalue weighted by molar-refractivity contribution is 7.92. The Balaban J connectivity index is 2.61. The summed E-state index contributed by atoms with van der Waals surface area (Å²) in [5.74, 6) is 0. The van der Waals surface area contributed by atoms with E-state index in [0.717, 1.165) is 19.3 Å². The highest BCUT2D eigenvalue weighted by atomic mass is 32.2. The van der Waals surface area contributed by atoms with Crippen molar-refractivity contribution in [3.8, 4) is 0 Å². The molecule has 1 heterocycles. The highest BCUT2D eigenvalue weighted by Gasteiger charge is 2.32. The van der Waals surface area contributed by atoms with Crippen LogP contribution in [-0.4, -0.2) is 61.7 Å². The Labute approximate surface area is 140 Å². The number of sulfone groups is 1. The Morgan fingerprint density at radius 1 is 1.22 bits per heavy atom. The van der Waals surface area contributed by atoms with Gasteiger partial charge in [-0.05, 0) is 53.9 Å². The lowest BCUT2D eigenvalue weighted by Crippen LogP contribution is -2.52. The monoisotopic (exact) mass is 348 g/mol. The molecule has 1 aliphatic rings. The predicted molar refractivity (Wildman–Crippen MR) is 92.4 cm³/mol. The van der Waals surface area contributed by atoms with Crippen molar-refractivity contribution < 1.29 is 17.9 Å². The van der Waals surface area contributed by atoms with E-state index in [0.29, 0.717) is 19.6 Å². The van der Waals surface area contributed by atoms with Gasteiger partial charge in [0.2, 0.25) is 0 Å². The van der Waals surface area contributed by atoms with E-state index in [9.17, 15) is 13.2 Å². The number of hydrogen-bond acceptors (Lipinski definition) is 5. The van der Waals surface area contributed by atoms with Gasteiger partial charge < -0.3 is 15.0 Å². The molecule has 1 rings (SSSR count). The van der Waals surface area contributed by atoms with E-state index in [1.54, 1.807) is 18.7 Å². The van der Waals surface area contributed by atoms with Crippen LogP contribution in [0.1, 0.15) is 53.9 Å². The minimum Gasteiger partial charge on any atom is -0.444 e. The fraction of sp³-hybridized carbons (Fsp3) is 0.938. The first-order valence-electron chi connectivity index (χ1n) is 8.23. The second-order valence-corrected chi connectivity index (χ2v) is 10.6. The quantitative estimate of drug-likeness (QED) is 0.824. The molecule has 6 nitrogen and oxygen atoms in total. The molecule has 136 valence electrons. The minimum absolute atomic E-state index is 0.0500. The van der Waals surface area contributed by atoms with Crippen molar-refractivity contribution in [3.63, 3.8) is 0 Å². The van der Waals surface area contributed by atoms with Crippen LogP contribution in [0.2, 0.25) is 0 Å². The van der Waals surface area contributed by atoms with Crippen LogP contribution in [0, 0.1) is 0 Å². The van der Waals surface area contributed by atoms with Crippen LogP contribution in [0.5, 0.6) is 0 Å². The summed E-state index contributed by atoms with van der Waals surface area (Å²) in [5, 5.41) is 3.22. The van der Waals surface area contributed by atoms with Gasteiger partial charge in [-0.1, -0.05) is 0 Å². The summed E-state index contributed by atoms with van der Waals surface area (Å²) in [6.07, 6.45) is 3.92. The number of rotatable bonds is 5. The SMILES string of the molecule is CC(C)(C)OC(=O)N1CCCCC1CNCC(C)(C)S(C)(=O)=O. The summed E-state index contributed by atoms with van der Waals surface area (Å²) < 4.78 is 28.1. The fourth-order valence-electron chi connectivity index (χ4n) is 2.44. The third kappa shape index (κ3) is 6.30. The number of carbonyl (C=O) groups excluding carboxylic acids is 1. The predicted octanol–water partition coefficient (Wildman–Crippen LogP) is 2.19. The van der Waals surface area contributed by atoms with Gasteiger partial charge in [-0.25, -0.2) is 13.2 Å². The van der Waals surface area contributed by atoms with Gasteiger partial charge in [-0.3, -0.25) is 0 Å². The van der Waals surface area contributed by atoms with Crippen LogP contribution >= 0.6 is 0 Å². The zero-order valence-electron chi connectivity index (χ0n) is 15.3. The molecule has 0 aromatic heterocycles. The zero-order valence-corrected chi connectivity index (χ0v) is 16.1. The molecule has 0 aromatic rings. The topological polar surface area (TPSA) is 75.7 Å². The lowest BCUT2D eigenvalue weighted by atomic mass is 10.0. The number of nitrogens with zero attached hydrogens (tertiary/aromatic N) is 1. The minimum atomic E-state index is -3.13. The van der Waals surface area contributed by atoms with Crippen LogP contribution in [0.4, 0.5) is 4.79 Å². The Morgan fingerprint density at radius 3 is 2.35 bits per heavy atom. The van der Waals surface area contributed by atoms with E-state index in [4.69, 9.17) is 4.74 Å². The molecule has 1 N–H and O–H groups in total. The fourth-order valence-corrected chi connectivity index (χ4v) is 2.81. The van der Waals surface area contributed by atoms with Gasteiger partial charge >= 0.3 is 6.09 Å². The molecule has 1 saturated heterocycles. The van der Waals surface area contributed by atoms with Crippen molar-refractivity contribution in [2.45, 2.75) is 70.3 Å². The molecule has 1 amide bonds. The van der Waals surface area contributed by atoms with E-state index in [1.807, 2.05) is 20.8 Å². The molecule has 0 aromatic carbocycles. The Kier molecular flexibility index (Phi) is 6.49. The van der Waals surface area contributed by atoms with Gasteiger partial charge in [0.05, 0.1) is 4.75 Å². The van der Waals surface area contributed by atoms with Crippen LogP contribution in [0.15, 0.2) is 0 Å². The van der Waals surface area contributed by atoms with E-state index >= 15 is 0 Å². The summed E-state index contributed by atoms with van der Waals surface area (Å²) in [4.78, 5) is 14.1. The van der Waals surface area contributed by atoms with E-state index < -0.39 is 20.2 Å². The lowest BCUT2D eigenvalue weighted by Gasteiger charge is -2.37. The van der Waals surface area contributed by atoms with Crippen molar-refractivity contribution in [3.05, 3.63) is 0 Å². The summed E-state index contributed by atoms with van der Waals surface area (Å²) in [7, 11) is -3.13. The number of amides is 1. The molecule has 0 bridgehead atoms.